The van der Waals surface area contributed by atoms with E-state index in [1.807, 2.05) is 49.4 Å². The number of carbonyl (C=O) groups excluding carboxylic acids is 2. The van der Waals surface area contributed by atoms with Crippen LogP contribution in [0.2, 0.25) is 0 Å². The lowest BCUT2D eigenvalue weighted by Crippen LogP contribution is -2.34. The molecule has 4 nitrogen and oxygen atoms in total. The summed E-state index contributed by atoms with van der Waals surface area (Å²) in [7, 11) is 0. The van der Waals surface area contributed by atoms with Crippen LogP contribution in [0.5, 0.6) is 0 Å². The molecule has 2 rings (SSSR count). The van der Waals surface area contributed by atoms with Crippen LogP contribution in [0.3, 0.4) is 0 Å². The molecular weight excluding hydrogens is 312 g/mol. The van der Waals surface area contributed by atoms with E-state index in [-0.39, 0.29) is 24.8 Å². The molecule has 2 aromatic rings. The summed E-state index contributed by atoms with van der Waals surface area (Å²) in [6.07, 6.45) is 1.98. The van der Waals surface area contributed by atoms with Gasteiger partial charge < -0.3 is 10.6 Å². The first-order valence-electron chi connectivity index (χ1n) is 8.77. The van der Waals surface area contributed by atoms with Crippen molar-refractivity contribution in [1.82, 2.24) is 5.32 Å². The second-order valence-corrected chi connectivity index (χ2v) is 6.09. The number of hydrogen-bond acceptors (Lipinski definition) is 2. The molecule has 0 aromatic heterocycles. The fourth-order valence-corrected chi connectivity index (χ4v) is 2.81. The zero-order chi connectivity index (χ0) is 18.2. The van der Waals surface area contributed by atoms with Crippen molar-refractivity contribution < 1.29 is 9.59 Å². The highest BCUT2D eigenvalue weighted by molar-refractivity contribution is 5.96. The monoisotopic (exact) mass is 338 g/mol. The molecule has 25 heavy (non-hydrogen) atoms. The number of hydrogen-bond donors (Lipinski definition) is 2. The smallest absolute Gasteiger partial charge is 0.243 e. The molecule has 0 saturated heterocycles. The fourth-order valence-electron chi connectivity index (χ4n) is 2.81. The van der Waals surface area contributed by atoms with Crippen LogP contribution in [0, 0.1) is 6.92 Å². The van der Waals surface area contributed by atoms with Gasteiger partial charge in [-0.2, -0.15) is 0 Å². The maximum Gasteiger partial charge on any atom is 0.243 e. The number of aryl methyl sites for hydroxylation is 3. The predicted molar refractivity (Wildman–Crippen MR) is 102 cm³/mol. The van der Waals surface area contributed by atoms with Crippen LogP contribution >= 0.6 is 0 Å². The van der Waals surface area contributed by atoms with Gasteiger partial charge in [0.2, 0.25) is 11.8 Å². The molecular formula is C21H26N2O2. The first-order chi connectivity index (χ1) is 12.0. The number of amides is 2. The molecule has 0 unspecified atom stereocenters. The van der Waals surface area contributed by atoms with Crippen molar-refractivity contribution in [2.75, 3.05) is 11.9 Å². The summed E-state index contributed by atoms with van der Waals surface area (Å²) < 4.78 is 0. The Morgan fingerprint density at radius 3 is 2.04 bits per heavy atom. The zero-order valence-electron chi connectivity index (χ0n) is 15.2. The zero-order valence-corrected chi connectivity index (χ0v) is 15.2. The largest absolute Gasteiger partial charge is 0.347 e. The average Bonchev–Trinajstić information content (AvgIpc) is 2.62. The molecule has 0 atom stereocenters. The van der Waals surface area contributed by atoms with Gasteiger partial charge in [0.05, 0.1) is 13.0 Å². The highest BCUT2D eigenvalue weighted by atomic mass is 16.2. The van der Waals surface area contributed by atoms with Crippen molar-refractivity contribution in [2.24, 2.45) is 0 Å². The Morgan fingerprint density at radius 1 is 0.840 bits per heavy atom. The highest BCUT2D eigenvalue weighted by Crippen LogP contribution is 2.22. The topological polar surface area (TPSA) is 58.2 Å². The predicted octanol–water partition coefficient (Wildman–Crippen LogP) is 3.42. The van der Waals surface area contributed by atoms with Gasteiger partial charge >= 0.3 is 0 Å². The molecule has 0 bridgehead atoms. The molecule has 0 aliphatic rings. The minimum Gasteiger partial charge on any atom is -0.347 e. The van der Waals surface area contributed by atoms with Gasteiger partial charge in [-0.1, -0.05) is 56.3 Å². The van der Waals surface area contributed by atoms with Gasteiger partial charge in [0, 0.05) is 5.69 Å². The van der Waals surface area contributed by atoms with Gasteiger partial charge in [0.25, 0.3) is 0 Å². The molecule has 0 fully saturated rings. The fraction of sp³-hybridized carbons (Fsp3) is 0.333. The summed E-state index contributed by atoms with van der Waals surface area (Å²) in [5.41, 5.74) is 5.15. The molecule has 2 aromatic carbocycles. The Balaban J connectivity index is 1.93. The molecule has 2 amide bonds. The summed E-state index contributed by atoms with van der Waals surface area (Å²) >= 11 is 0. The molecule has 4 heteroatoms. The van der Waals surface area contributed by atoms with Gasteiger partial charge in [-0.15, -0.1) is 0 Å². The summed E-state index contributed by atoms with van der Waals surface area (Å²) in [4.78, 5) is 24.3. The van der Waals surface area contributed by atoms with Crippen LogP contribution < -0.4 is 10.6 Å². The average molecular weight is 338 g/mol. The Kier molecular flexibility index (Phi) is 6.75. The maximum absolute atomic E-state index is 12.2. The highest BCUT2D eigenvalue weighted by Gasteiger charge is 2.12. The van der Waals surface area contributed by atoms with Gasteiger partial charge in [0.15, 0.2) is 0 Å². The first-order valence-corrected chi connectivity index (χ1v) is 8.77. The van der Waals surface area contributed by atoms with E-state index in [0.717, 1.165) is 40.8 Å². The summed E-state index contributed by atoms with van der Waals surface area (Å²) in [6.45, 7) is 6.08. The van der Waals surface area contributed by atoms with Gasteiger partial charge in [-0.25, -0.2) is 0 Å². The Labute approximate surface area is 149 Å². The van der Waals surface area contributed by atoms with E-state index in [0.29, 0.717) is 0 Å². The van der Waals surface area contributed by atoms with Gasteiger partial charge in [-0.05, 0) is 42.0 Å². The quantitative estimate of drug-likeness (QED) is 0.813. The number of carbonyl (C=O) groups is 2. The normalized spacial score (nSPS) is 10.4. The lowest BCUT2D eigenvalue weighted by atomic mass is 10.0. The third-order valence-electron chi connectivity index (χ3n) is 4.32. The molecule has 0 spiro atoms. The number of anilines is 1. The van der Waals surface area contributed by atoms with E-state index in [9.17, 15) is 9.59 Å². The van der Waals surface area contributed by atoms with Crippen molar-refractivity contribution >= 4 is 17.5 Å². The minimum absolute atomic E-state index is 0.0219. The van der Waals surface area contributed by atoms with Crippen LogP contribution in [0.15, 0.2) is 42.5 Å². The number of nitrogens with one attached hydrogen (secondary N) is 2. The lowest BCUT2D eigenvalue weighted by Gasteiger charge is -2.14. The Bertz CT molecular complexity index is 731. The molecule has 0 heterocycles. The van der Waals surface area contributed by atoms with E-state index in [4.69, 9.17) is 0 Å². The standard InChI is InChI=1S/C21H26N2O2/c1-4-16-11-8-12-17(5-2)21(16)23-20(25)14-22-19(24)13-18-10-7-6-9-15(18)3/h6-12H,4-5,13-14H2,1-3H3,(H,22,24)(H,23,25). The van der Waals surface area contributed by atoms with E-state index in [1.165, 1.54) is 0 Å². The minimum atomic E-state index is -0.200. The van der Waals surface area contributed by atoms with Crippen LogP contribution in [-0.4, -0.2) is 18.4 Å². The summed E-state index contributed by atoms with van der Waals surface area (Å²) in [6, 6.07) is 13.8. The Hall–Kier alpha value is -2.62. The lowest BCUT2D eigenvalue weighted by molar-refractivity contribution is -0.123. The van der Waals surface area contributed by atoms with Crippen LogP contribution in [0.25, 0.3) is 0 Å². The maximum atomic E-state index is 12.2. The van der Waals surface area contributed by atoms with E-state index in [2.05, 4.69) is 24.5 Å². The Morgan fingerprint density at radius 2 is 1.44 bits per heavy atom. The van der Waals surface area contributed by atoms with E-state index in [1.54, 1.807) is 0 Å². The number of para-hydroxylation sites is 1. The van der Waals surface area contributed by atoms with Gasteiger partial charge in [-0.3, -0.25) is 9.59 Å². The summed E-state index contributed by atoms with van der Waals surface area (Å²) in [5.74, 6) is -0.349. The molecule has 0 saturated carbocycles. The molecule has 0 radical (unpaired) electrons. The number of rotatable bonds is 7. The summed E-state index contributed by atoms with van der Waals surface area (Å²) in [5, 5.41) is 5.66. The van der Waals surface area contributed by atoms with E-state index >= 15 is 0 Å². The molecule has 132 valence electrons. The SMILES string of the molecule is CCc1cccc(CC)c1NC(=O)CNC(=O)Cc1ccccc1C. The first kappa shape index (κ1) is 18.7. The third-order valence-corrected chi connectivity index (χ3v) is 4.32. The molecule has 0 aliphatic carbocycles. The van der Waals surface area contributed by atoms with Crippen LogP contribution in [0.1, 0.15) is 36.1 Å². The number of benzene rings is 2. The van der Waals surface area contributed by atoms with Crippen molar-refractivity contribution in [2.45, 2.75) is 40.0 Å². The molecule has 0 aliphatic heterocycles. The second-order valence-electron chi connectivity index (χ2n) is 6.09. The van der Waals surface area contributed by atoms with Crippen molar-refractivity contribution in [1.29, 1.82) is 0 Å². The van der Waals surface area contributed by atoms with Crippen LogP contribution in [-0.2, 0) is 28.9 Å². The van der Waals surface area contributed by atoms with Crippen molar-refractivity contribution in [3.63, 3.8) is 0 Å². The van der Waals surface area contributed by atoms with Crippen molar-refractivity contribution in [3.05, 3.63) is 64.7 Å². The van der Waals surface area contributed by atoms with Crippen molar-refractivity contribution in [3.8, 4) is 0 Å². The van der Waals surface area contributed by atoms with Gasteiger partial charge in [0.1, 0.15) is 0 Å². The third kappa shape index (κ3) is 5.18. The molecule has 2 N–H and O–H groups in total. The second kappa shape index (κ2) is 9.02. The van der Waals surface area contributed by atoms with E-state index < -0.39 is 0 Å². The van der Waals surface area contributed by atoms with Crippen LogP contribution in [0.4, 0.5) is 5.69 Å².